The van der Waals surface area contributed by atoms with Gasteiger partial charge in [0.15, 0.2) is 0 Å². The highest BCUT2D eigenvalue weighted by Gasteiger charge is 2.21. The van der Waals surface area contributed by atoms with Crippen molar-refractivity contribution in [1.29, 1.82) is 0 Å². The zero-order chi connectivity index (χ0) is 27.5. The van der Waals surface area contributed by atoms with Crippen LogP contribution in [0.15, 0.2) is 91.1 Å². The Labute approximate surface area is 230 Å². The van der Waals surface area contributed by atoms with Crippen LogP contribution in [0.25, 0.3) is 17.0 Å². The van der Waals surface area contributed by atoms with Crippen molar-refractivity contribution in [2.45, 2.75) is 32.7 Å². The van der Waals surface area contributed by atoms with Crippen molar-refractivity contribution in [3.8, 4) is 5.75 Å². The van der Waals surface area contributed by atoms with Gasteiger partial charge in [0.05, 0.1) is 7.11 Å². The first-order valence-corrected chi connectivity index (χ1v) is 13.5. The highest BCUT2D eigenvalue weighted by atomic mass is 16.5. The standard InChI is InChI=1S/C33H37N3O3/c1-3-4-21-35(32(37)19-16-26-10-6-5-7-11-26)25-33(38)36(24-27-14-17-29(39-2)18-15-27)22-20-28-23-34-31-13-9-8-12-30(28)31/h5-19,23,34H,3-4,20-22,24-25H2,1-2H3/b19-16+. The summed E-state index contributed by atoms with van der Waals surface area (Å²) in [4.78, 5) is 33.7. The highest BCUT2D eigenvalue weighted by Crippen LogP contribution is 2.19. The molecule has 1 aromatic heterocycles. The molecular formula is C33H37N3O3. The number of nitrogens with zero attached hydrogens (tertiary/aromatic N) is 2. The second-order valence-corrected chi connectivity index (χ2v) is 9.63. The Morgan fingerprint density at radius 1 is 0.897 bits per heavy atom. The molecule has 4 aromatic rings. The maximum atomic E-state index is 13.7. The molecule has 0 aliphatic heterocycles. The summed E-state index contributed by atoms with van der Waals surface area (Å²) in [6, 6.07) is 25.7. The molecule has 1 heterocycles. The number of fused-ring (bicyclic) bond motifs is 1. The van der Waals surface area contributed by atoms with Crippen molar-refractivity contribution in [2.75, 3.05) is 26.7 Å². The highest BCUT2D eigenvalue weighted by molar-refractivity contribution is 5.94. The number of nitrogens with one attached hydrogen (secondary N) is 1. The van der Waals surface area contributed by atoms with Gasteiger partial charge in [0.2, 0.25) is 11.8 Å². The van der Waals surface area contributed by atoms with Gasteiger partial charge in [-0.15, -0.1) is 0 Å². The van der Waals surface area contributed by atoms with Gasteiger partial charge >= 0.3 is 0 Å². The molecule has 6 heteroatoms. The summed E-state index contributed by atoms with van der Waals surface area (Å²) < 4.78 is 5.30. The SMILES string of the molecule is CCCCN(CC(=O)N(CCc1c[nH]c2ccccc12)Cc1ccc(OC)cc1)C(=O)/C=C/c1ccccc1. The van der Waals surface area contributed by atoms with E-state index in [0.29, 0.717) is 26.1 Å². The topological polar surface area (TPSA) is 65.6 Å². The molecule has 0 radical (unpaired) electrons. The molecule has 6 nitrogen and oxygen atoms in total. The van der Waals surface area contributed by atoms with Gasteiger partial charge in [0.1, 0.15) is 12.3 Å². The van der Waals surface area contributed by atoms with Crippen LogP contribution in [0.2, 0.25) is 0 Å². The van der Waals surface area contributed by atoms with E-state index < -0.39 is 0 Å². The third-order valence-corrected chi connectivity index (χ3v) is 6.85. The Bertz CT molecular complexity index is 1380. The number of carbonyl (C=O) groups is 2. The first kappa shape index (κ1) is 27.7. The van der Waals surface area contributed by atoms with Crippen molar-refractivity contribution in [1.82, 2.24) is 14.8 Å². The van der Waals surface area contributed by atoms with Gasteiger partial charge in [0, 0.05) is 42.8 Å². The van der Waals surface area contributed by atoms with Crippen LogP contribution >= 0.6 is 0 Å². The number of ether oxygens (including phenoxy) is 1. The third kappa shape index (κ3) is 7.84. The Balaban J connectivity index is 1.51. The summed E-state index contributed by atoms with van der Waals surface area (Å²) >= 11 is 0. The van der Waals surface area contributed by atoms with Crippen molar-refractivity contribution >= 4 is 28.8 Å². The van der Waals surface area contributed by atoms with Crippen LogP contribution in [0, 0.1) is 0 Å². The maximum Gasteiger partial charge on any atom is 0.247 e. The van der Waals surface area contributed by atoms with Crippen LogP contribution in [-0.2, 0) is 22.6 Å². The van der Waals surface area contributed by atoms with Crippen molar-refractivity contribution in [3.05, 3.63) is 108 Å². The summed E-state index contributed by atoms with van der Waals surface area (Å²) in [5.41, 5.74) is 4.22. The average molecular weight is 524 g/mol. The van der Waals surface area contributed by atoms with E-state index in [2.05, 4.69) is 24.0 Å². The van der Waals surface area contributed by atoms with Gasteiger partial charge in [0.25, 0.3) is 0 Å². The number of hydrogen-bond acceptors (Lipinski definition) is 3. The predicted molar refractivity (Wildman–Crippen MR) is 157 cm³/mol. The lowest BCUT2D eigenvalue weighted by Crippen LogP contribution is -2.43. The lowest BCUT2D eigenvalue weighted by molar-refractivity contribution is -0.138. The number of hydrogen-bond donors (Lipinski definition) is 1. The number of carbonyl (C=O) groups excluding carboxylic acids is 2. The monoisotopic (exact) mass is 523 g/mol. The van der Waals surface area contributed by atoms with Gasteiger partial charge in [-0.3, -0.25) is 9.59 Å². The van der Waals surface area contributed by atoms with Crippen LogP contribution in [0.5, 0.6) is 5.75 Å². The third-order valence-electron chi connectivity index (χ3n) is 6.85. The van der Waals surface area contributed by atoms with Gasteiger partial charge in [-0.25, -0.2) is 0 Å². The van der Waals surface area contributed by atoms with Crippen molar-refractivity contribution in [2.24, 2.45) is 0 Å². The predicted octanol–water partition coefficient (Wildman–Crippen LogP) is 6.09. The van der Waals surface area contributed by atoms with E-state index in [9.17, 15) is 9.59 Å². The summed E-state index contributed by atoms with van der Waals surface area (Å²) in [7, 11) is 1.64. The summed E-state index contributed by atoms with van der Waals surface area (Å²) in [6.07, 6.45) is 7.88. The second kappa shape index (κ2) is 14.0. The minimum absolute atomic E-state index is 0.0437. The lowest BCUT2D eigenvalue weighted by atomic mass is 10.1. The molecule has 0 unspecified atom stereocenters. The molecule has 3 aromatic carbocycles. The van der Waals surface area contributed by atoms with E-state index in [1.54, 1.807) is 24.2 Å². The smallest absolute Gasteiger partial charge is 0.247 e. The number of H-pyrrole nitrogens is 1. The van der Waals surface area contributed by atoms with E-state index >= 15 is 0 Å². The molecule has 0 fully saturated rings. The fraction of sp³-hybridized carbons (Fsp3) is 0.273. The van der Waals surface area contributed by atoms with Crippen LogP contribution < -0.4 is 4.74 Å². The molecule has 4 rings (SSSR count). The molecule has 2 amide bonds. The first-order chi connectivity index (χ1) is 19.1. The molecule has 0 bridgehead atoms. The zero-order valence-corrected chi connectivity index (χ0v) is 22.8. The number of aromatic nitrogens is 1. The Hall–Kier alpha value is -4.32. The zero-order valence-electron chi connectivity index (χ0n) is 22.8. The molecule has 1 N–H and O–H groups in total. The number of unbranched alkanes of at least 4 members (excludes halogenated alkanes) is 1. The number of rotatable bonds is 13. The van der Waals surface area contributed by atoms with Gasteiger partial charge < -0.3 is 19.5 Å². The molecular weight excluding hydrogens is 486 g/mol. The maximum absolute atomic E-state index is 13.7. The van der Waals surface area contributed by atoms with Gasteiger partial charge in [-0.1, -0.05) is 74.0 Å². The van der Waals surface area contributed by atoms with E-state index in [1.807, 2.05) is 77.8 Å². The van der Waals surface area contributed by atoms with E-state index in [0.717, 1.165) is 35.2 Å². The average Bonchev–Trinajstić information content (AvgIpc) is 3.40. The van der Waals surface area contributed by atoms with E-state index in [-0.39, 0.29) is 18.4 Å². The molecule has 0 saturated carbocycles. The van der Waals surface area contributed by atoms with Gasteiger partial charge in [-0.2, -0.15) is 0 Å². The van der Waals surface area contributed by atoms with E-state index in [4.69, 9.17) is 4.74 Å². The molecule has 0 atom stereocenters. The molecule has 39 heavy (non-hydrogen) atoms. The number of aromatic amines is 1. The van der Waals surface area contributed by atoms with Crippen LogP contribution in [0.4, 0.5) is 0 Å². The lowest BCUT2D eigenvalue weighted by Gasteiger charge is -2.27. The Kier molecular flexibility index (Phi) is 9.95. The molecule has 0 saturated heterocycles. The fourth-order valence-corrected chi connectivity index (χ4v) is 4.55. The number of methoxy groups -OCH3 is 1. The number of para-hydroxylation sites is 1. The van der Waals surface area contributed by atoms with Gasteiger partial charge in [-0.05, 0) is 53.8 Å². The summed E-state index contributed by atoms with van der Waals surface area (Å²) in [5.74, 6) is 0.557. The number of benzene rings is 3. The molecule has 202 valence electrons. The number of amides is 2. The van der Waals surface area contributed by atoms with E-state index in [1.165, 1.54) is 10.9 Å². The fourth-order valence-electron chi connectivity index (χ4n) is 4.55. The normalized spacial score (nSPS) is 11.1. The van der Waals surface area contributed by atoms with Crippen LogP contribution in [0.1, 0.15) is 36.5 Å². The second-order valence-electron chi connectivity index (χ2n) is 9.63. The largest absolute Gasteiger partial charge is 0.497 e. The minimum atomic E-state index is -0.151. The van der Waals surface area contributed by atoms with Crippen LogP contribution in [0.3, 0.4) is 0 Å². The Morgan fingerprint density at radius 2 is 1.64 bits per heavy atom. The van der Waals surface area contributed by atoms with Crippen molar-refractivity contribution < 1.29 is 14.3 Å². The minimum Gasteiger partial charge on any atom is -0.497 e. The van der Waals surface area contributed by atoms with Crippen LogP contribution in [-0.4, -0.2) is 53.3 Å². The van der Waals surface area contributed by atoms with Crippen molar-refractivity contribution in [3.63, 3.8) is 0 Å². The molecule has 0 aliphatic rings. The quantitative estimate of drug-likeness (QED) is 0.216. The summed E-state index contributed by atoms with van der Waals surface area (Å²) in [5, 5.41) is 1.17. The molecule has 0 spiro atoms. The first-order valence-electron chi connectivity index (χ1n) is 13.5. The summed E-state index contributed by atoms with van der Waals surface area (Å²) in [6.45, 7) is 3.67. The Morgan fingerprint density at radius 3 is 2.38 bits per heavy atom. The molecule has 0 aliphatic carbocycles.